The third kappa shape index (κ3) is 2.96. The molecule has 1 unspecified atom stereocenters. The van der Waals surface area contributed by atoms with Crippen LogP contribution in [-0.2, 0) is 10.0 Å². The standard InChI is InChI=1S/C11H14N2O4S2/c1-6-4-5-9(17-6)7(2)13-19(15,16)10-8(3)12-11(14)18-10/h4-5,7,13H,1-3H3,(H,12,14). The predicted molar refractivity (Wildman–Crippen MR) is 71.9 cm³/mol. The first-order valence-electron chi connectivity index (χ1n) is 5.58. The number of rotatable bonds is 4. The average Bonchev–Trinajstić information content (AvgIpc) is 2.84. The van der Waals surface area contributed by atoms with Gasteiger partial charge in [0.2, 0.25) is 0 Å². The molecule has 0 aliphatic heterocycles. The zero-order valence-corrected chi connectivity index (χ0v) is 12.3. The quantitative estimate of drug-likeness (QED) is 0.899. The molecule has 8 heteroatoms. The van der Waals surface area contributed by atoms with Gasteiger partial charge in [0.25, 0.3) is 10.0 Å². The average molecular weight is 302 g/mol. The maximum absolute atomic E-state index is 12.2. The van der Waals surface area contributed by atoms with Crippen LogP contribution in [0.1, 0.15) is 30.2 Å². The van der Waals surface area contributed by atoms with E-state index in [1.807, 2.05) is 0 Å². The number of nitrogens with one attached hydrogen (secondary N) is 2. The Morgan fingerprint density at radius 3 is 2.53 bits per heavy atom. The molecular weight excluding hydrogens is 288 g/mol. The molecule has 0 fully saturated rings. The van der Waals surface area contributed by atoms with Crippen LogP contribution in [0.2, 0.25) is 0 Å². The highest BCUT2D eigenvalue weighted by Gasteiger charge is 2.24. The van der Waals surface area contributed by atoms with E-state index in [9.17, 15) is 13.2 Å². The Hall–Kier alpha value is -1.38. The summed E-state index contributed by atoms with van der Waals surface area (Å²) in [5.41, 5.74) is 0.338. The highest BCUT2D eigenvalue weighted by Crippen LogP contribution is 2.21. The molecule has 0 saturated carbocycles. The van der Waals surface area contributed by atoms with Gasteiger partial charge in [-0.1, -0.05) is 11.3 Å². The fraction of sp³-hybridized carbons (Fsp3) is 0.364. The molecule has 19 heavy (non-hydrogen) atoms. The lowest BCUT2D eigenvalue weighted by Crippen LogP contribution is -2.26. The summed E-state index contributed by atoms with van der Waals surface area (Å²) in [7, 11) is -3.73. The van der Waals surface area contributed by atoms with Crippen molar-refractivity contribution in [3.05, 3.63) is 39.0 Å². The molecule has 1 atom stereocenters. The fourth-order valence-corrected chi connectivity index (χ4v) is 4.21. The molecule has 0 aliphatic rings. The molecule has 0 aliphatic carbocycles. The number of sulfonamides is 1. The molecule has 2 aromatic heterocycles. The van der Waals surface area contributed by atoms with Crippen molar-refractivity contribution < 1.29 is 12.8 Å². The Morgan fingerprint density at radius 2 is 2.05 bits per heavy atom. The van der Waals surface area contributed by atoms with Gasteiger partial charge in [0.05, 0.1) is 6.04 Å². The third-order valence-corrected chi connectivity index (χ3v) is 5.69. The third-order valence-electron chi connectivity index (χ3n) is 2.55. The first-order chi connectivity index (χ1) is 8.79. The van der Waals surface area contributed by atoms with E-state index in [1.54, 1.807) is 32.9 Å². The second-order valence-corrected chi connectivity index (χ2v) is 7.11. The number of hydrogen-bond acceptors (Lipinski definition) is 5. The Bertz CT molecular complexity index is 739. The van der Waals surface area contributed by atoms with Crippen LogP contribution in [0.3, 0.4) is 0 Å². The first-order valence-corrected chi connectivity index (χ1v) is 7.88. The number of aryl methyl sites for hydroxylation is 2. The Morgan fingerprint density at radius 1 is 1.37 bits per heavy atom. The van der Waals surface area contributed by atoms with Crippen LogP contribution in [0.25, 0.3) is 0 Å². The summed E-state index contributed by atoms with van der Waals surface area (Å²) >= 11 is 0.671. The van der Waals surface area contributed by atoms with Crippen molar-refractivity contribution in [2.24, 2.45) is 0 Å². The van der Waals surface area contributed by atoms with Gasteiger partial charge < -0.3 is 9.40 Å². The van der Waals surface area contributed by atoms with E-state index in [0.717, 1.165) is 0 Å². The summed E-state index contributed by atoms with van der Waals surface area (Å²) in [6, 6.07) is 2.98. The number of aromatic nitrogens is 1. The van der Waals surface area contributed by atoms with Crippen LogP contribution in [-0.4, -0.2) is 13.4 Å². The van der Waals surface area contributed by atoms with Gasteiger partial charge in [0.1, 0.15) is 11.5 Å². The number of hydrogen-bond donors (Lipinski definition) is 2. The van der Waals surface area contributed by atoms with E-state index >= 15 is 0 Å². The molecule has 0 amide bonds. The highest BCUT2D eigenvalue weighted by atomic mass is 32.2. The van der Waals surface area contributed by atoms with E-state index in [0.29, 0.717) is 28.6 Å². The topological polar surface area (TPSA) is 92.2 Å². The zero-order chi connectivity index (χ0) is 14.2. The Labute approximate surface area is 114 Å². The minimum Gasteiger partial charge on any atom is -0.465 e. The van der Waals surface area contributed by atoms with Gasteiger partial charge in [-0.05, 0) is 32.9 Å². The highest BCUT2D eigenvalue weighted by molar-refractivity contribution is 7.91. The summed E-state index contributed by atoms with van der Waals surface area (Å²) in [5.74, 6) is 1.24. The van der Waals surface area contributed by atoms with E-state index in [1.165, 1.54) is 0 Å². The van der Waals surface area contributed by atoms with Crippen molar-refractivity contribution in [3.63, 3.8) is 0 Å². The van der Waals surface area contributed by atoms with E-state index < -0.39 is 16.1 Å². The lowest BCUT2D eigenvalue weighted by atomic mass is 10.3. The Balaban J connectivity index is 2.27. The molecule has 104 valence electrons. The van der Waals surface area contributed by atoms with Gasteiger partial charge in [0, 0.05) is 5.69 Å². The maximum atomic E-state index is 12.2. The lowest BCUT2D eigenvalue weighted by molar-refractivity contribution is 0.441. The molecular formula is C11H14N2O4S2. The monoisotopic (exact) mass is 302 g/mol. The van der Waals surface area contributed by atoms with Gasteiger partial charge >= 0.3 is 4.87 Å². The molecule has 0 saturated heterocycles. The number of aromatic amines is 1. The molecule has 2 rings (SSSR count). The number of H-pyrrole nitrogens is 1. The van der Waals surface area contributed by atoms with Crippen molar-refractivity contribution >= 4 is 21.4 Å². The second kappa shape index (κ2) is 4.95. The number of thiazole rings is 1. The molecule has 0 aromatic carbocycles. The van der Waals surface area contributed by atoms with E-state index in [-0.39, 0.29) is 9.08 Å². The number of furan rings is 1. The van der Waals surface area contributed by atoms with Crippen LogP contribution in [0, 0.1) is 13.8 Å². The van der Waals surface area contributed by atoms with Crippen LogP contribution in [0.5, 0.6) is 0 Å². The van der Waals surface area contributed by atoms with Crippen LogP contribution in [0.15, 0.2) is 25.6 Å². The van der Waals surface area contributed by atoms with Crippen molar-refractivity contribution in [1.82, 2.24) is 9.71 Å². The van der Waals surface area contributed by atoms with Gasteiger partial charge in [-0.25, -0.2) is 8.42 Å². The van der Waals surface area contributed by atoms with Gasteiger partial charge in [-0.2, -0.15) is 4.72 Å². The molecule has 6 nitrogen and oxygen atoms in total. The van der Waals surface area contributed by atoms with Crippen LogP contribution >= 0.6 is 11.3 Å². The molecule has 2 N–H and O–H groups in total. The predicted octanol–water partition coefficient (Wildman–Crippen LogP) is 1.69. The lowest BCUT2D eigenvalue weighted by Gasteiger charge is -2.11. The van der Waals surface area contributed by atoms with E-state index in [2.05, 4.69) is 9.71 Å². The van der Waals surface area contributed by atoms with Crippen LogP contribution in [0.4, 0.5) is 0 Å². The summed E-state index contributed by atoms with van der Waals surface area (Å²) in [4.78, 5) is 13.2. The van der Waals surface area contributed by atoms with Gasteiger partial charge in [-0.3, -0.25) is 4.79 Å². The minimum absolute atomic E-state index is 0.00706. The Kier molecular flexibility index (Phi) is 3.66. The SMILES string of the molecule is Cc1ccc(C(C)NS(=O)(=O)c2sc(=O)[nH]c2C)o1. The van der Waals surface area contributed by atoms with Crippen molar-refractivity contribution in [2.45, 2.75) is 31.0 Å². The molecule has 0 bridgehead atoms. The van der Waals surface area contributed by atoms with Crippen LogP contribution < -0.4 is 9.60 Å². The van der Waals surface area contributed by atoms with Crippen molar-refractivity contribution in [3.8, 4) is 0 Å². The van der Waals surface area contributed by atoms with Crippen molar-refractivity contribution in [2.75, 3.05) is 0 Å². The first kappa shape index (κ1) is 14.0. The fourth-order valence-electron chi connectivity index (χ4n) is 1.68. The summed E-state index contributed by atoms with van der Waals surface area (Å²) in [6.45, 7) is 5.02. The molecule has 0 spiro atoms. The van der Waals surface area contributed by atoms with E-state index in [4.69, 9.17) is 4.42 Å². The largest absolute Gasteiger partial charge is 0.465 e. The minimum atomic E-state index is -3.73. The van der Waals surface area contributed by atoms with Gasteiger partial charge in [0.15, 0.2) is 4.21 Å². The van der Waals surface area contributed by atoms with Gasteiger partial charge in [-0.15, -0.1) is 0 Å². The summed E-state index contributed by atoms with van der Waals surface area (Å²) in [5, 5.41) is 0. The van der Waals surface area contributed by atoms with Crippen molar-refractivity contribution in [1.29, 1.82) is 0 Å². The summed E-state index contributed by atoms with van der Waals surface area (Å²) in [6.07, 6.45) is 0. The smallest absolute Gasteiger partial charge is 0.305 e. The molecule has 0 radical (unpaired) electrons. The zero-order valence-electron chi connectivity index (χ0n) is 10.7. The second-order valence-electron chi connectivity index (χ2n) is 4.22. The maximum Gasteiger partial charge on any atom is 0.305 e. The summed E-state index contributed by atoms with van der Waals surface area (Å²) < 4.78 is 32.2. The molecule has 2 aromatic rings. The normalized spacial score (nSPS) is 13.6. The molecule has 2 heterocycles.